The third-order valence-corrected chi connectivity index (χ3v) is 3.86. The van der Waals surface area contributed by atoms with Crippen molar-refractivity contribution in [3.8, 4) is 0 Å². The largest absolute Gasteiger partial charge is 0.392 e. The van der Waals surface area contributed by atoms with Gasteiger partial charge in [0.2, 0.25) is 5.91 Å². The molecule has 0 aromatic rings. The smallest absolute Gasteiger partial charge is 0.235 e. The molecule has 1 aliphatic rings. The highest BCUT2D eigenvalue weighted by molar-refractivity contribution is 7.80. The number of aliphatic hydroxyl groups is 1. The van der Waals surface area contributed by atoms with Crippen LogP contribution in [0, 0.1) is 5.41 Å². The van der Waals surface area contributed by atoms with Gasteiger partial charge in [-0.1, -0.05) is 31.5 Å². The van der Waals surface area contributed by atoms with Gasteiger partial charge in [-0.25, -0.2) is 0 Å². The summed E-state index contributed by atoms with van der Waals surface area (Å²) in [5.74, 6) is -0.0365. The molecule has 1 unspecified atom stereocenters. The monoisotopic (exact) mass is 258 g/mol. The van der Waals surface area contributed by atoms with Crippen molar-refractivity contribution in [2.75, 3.05) is 13.6 Å². The zero-order chi connectivity index (χ0) is 13.1. The minimum Gasteiger partial charge on any atom is -0.392 e. The first-order chi connectivity index (χ1) is 7.90. The lowest BCUT2D eigenvalue weighted by Crippen LogP contribution is -2.51. The maximum atomic E-state index is 12.4. The summed E-state index contributed by atoms with van der Waals surface area (Å²) in [6.07, 6.45) is 4.07. The zero-order valence-corrected chi connectivity index (χ0v) is 11.4. The molecule has 1 rings (SSSR count). The molecule has 0 aliphatic heterocycles. The Morgan fingerprint density at radius 2 is 2.00 bits per heavy atom. The van der Waals surface area contributed by atoms with Gasteiger partial charge in [0.15, 0.2) is 0 Å². The Labute approximate surface area is 108 Å². The van der Waals surface area contributed by atoms with E-state index in [1.807, 2.05) is 0 Å². The number of nitrogens with zero attached hydrogens (tertiary/aromatic N) is 1. The van der Waals surface area contributed by atoms with Gasteiger partial charge in [0.1, 0.15) is 0 Å². The van der Waals surface area contributed by atoms with E-state index in [0.29, 0.717) is 11.5 Å². The first-order valence-electron chi connectivity index (χ1n) is 6.13. The third kappa shape index (κ3) is 3.16. The first kappa shape index (κ1) is 14.4. The SMILES string of the molecule is CC(O)CN(C)C(=O)C1(C(N)=S)CCCCC1. The minimum atomic E-state index is -0.669. The molecule has 1 aliphatic carbocycles. The van der Waals surface area contributed by atoms with Gasteiger partial charge in [-0.2, -0.15) is 0 Å². The molecule has 1 fully saturated rings. The van der Waals surface area contributed by atoms with Crippen LogP contribution in [-0.2, 0) is 4.79 Å². The highest BCUT2D eigenvalue weighted by Crippen LogP contribution is 2.38. The lowest BCUT2D eigenvalue weighted by Gasteiger charge is -2.38. The van der Waals surface area contributed by atoms with Gasteiger partial charge in [0.05, 0.1) is 16.5 Å². The zero-order valence-electron chi connectivity index (χ0n) is 10.6. The van der Waals surface area contributed by atoms with Crippen LogP contribution in [0.25, 0.3) is 0 Å². The number of carbonyl (C=O) groups is 1. The van der Waals surface area contributed by atoms with Crippen LogP contribution in [0.3, 0.4) is 0 Å². The molecule has 4 nitrogen and oxygen atoms in total. The molecule has 1 amide bonds. The van der Waals surface area contributed by atoms with Crippen molar-refractivity contribution in [2.45, 2.75) is 45.1 Å². The molecular formula is C12H22N2O2S. The molecular weight excluding hydrogens is 236 g/mol. The Morgan fingerprint density at radius 1 is 1.47 bits per heavy atom. The van der Waals surface area contributed by atoms with E-state index in [1.54, 1.807) is 18.9 Å². The molecule has 0 saturated heterocycles. The average molecular weight is 258 g/mol. The molecule has 0 aromatic heterocycles. The molecule has 0 bridgehead atoms. The molecule has 0 aromatic carbocycles. The molecule has 0 spiro atoms. The molecule has 17 heavy (non-hydrogen) atoms. The van der Waals surface area contributed by atoms with Crippen LogP contribution < -0.4 is 5.73 Å². The maximum Gasteiger partial charge on any atom is 0.235 e. The van der Waals surface area contributed by atoms with Crippen molar-refractivity contribution in [2.24, 2.45) is 11.1 Å². The summed E-state index contributed by atoms with van der Waals surface area (Å²) in [4.78, 5) is 14.3. The Bertz CT molecular complexity index is 299. The Hall–Kier alpha value is -0.680. The van der Waals surface area contributed by atoms with Crippen molar-refractivity contribution >= 4 is 23.1 Å². The molecule has 0 heterocycles. The van der Waals surface area contributed by atoms with Crippen molar-refractivity contribution < 1.29 is 9.90 Å². The lowest BCUT2D eigenvalue weighted by atomic mass is 9.73. The second-order valence-corrected chi connectivity index (χ2v) is 5.48. The summed E-state index contributed by atoms with van der Waals surface area (Å²) in [5, 5.41) is 9.33. The van der Waals surface area contributed by atoms with E-state index >= 15 is 0 Å². The fraction of sp³-hybridized carbons (Fsp3) is 0.833. The number of rotatable bonds is 4. The quantitative estimate of drug-likeness (QED) is 0.740. The van der Waals surface area contributed by atoms with E-state index in [2.05, 4.69) is 0 Å². The molecule has 1 saturated carbocycles. The van der Waals surface area contributed by atoms with E-state index in [4.69, 9.17) is 18.0 Å². The van der Waals surface area contributed by atoms with E-state index in [9.17, 15) is 9.90 Å². The van der Waals surface area contributed by atoms with E-state index in [-0.39, 0.29) is 5.91 Å². The fourth-order valence-corrected chi connectivity index (χ4v) is 2.86. The van der Waals surface area contributed by atoms with Crippen LogP contribution in [-0.4, -0.2) is 40.6 Å². The van der Waals surface area contributed by atoms with Gasteiger partial charge in [-0.3, -0.25) is 4.79 Å². The van der Waals surface area contributed by atoms with Gasteiger partial charge in [-0.15, -0.1) is 0 Å². The number of nitrogens with two attached hydrogens (primary N) is 1. The van der Waals surface area contributed by atoms with Crippen LogP contribution in [0.2, 0.25) is 0 Å². The second-order valence-electron chi connectivity index (χ2n) is 5.04. The number of likely N-dealkylation sites (N-methyl/N-ethyl adjacent to an activating group) is 1. The maximum absolute atomic E-state index is 12.4. The minimum absolute atomic E-state index is 0.0365. The summed E-state index contributed by atoms with van der Waals surface area (Å²) in [6.45, 7) is 1.99. The van der Waals surface area contributed by atoms with Crippen LogP contribution >= 0.6 is 12.2 Å². The van der Waals surface area contributed by atoms with Gasteiger partial charge in [0, 0.05) is 13.6 Å². The van der Waals surface area contributed by atoms with E-state index in [0.717, 1.165) is 32.1 Å². The molecule has 0 radical (unpaired) electrons. The van der Waals surface area contributed by atoms with Gasteiger partial charge in [-0.05, 0) is 19.8 Å². The lowest BCUT2D eigenvalue weighted by molar-refractivity contribution is -0.139. The van der Waals surface area contributed by atoms with Crippen molar-refractivity contribution in [1.29, 1.82) is 0 Å². The number of thiocarbonyl (C=S) groups is 1. The number of carbonyl (C=O) groups excluding carboxylic acids is 1. The van der Waals surface area contributed by atoms with Crippen molar-refractivity contribution in [3.63, 3.8) is 0 Å². The first-order valence-corrected chi connectivity index (χ1v) is 6.54. The molecule has 1 atom stereocenters. The summed E-state index contributed by atoms with van der Waals surface area (Å²) >= 11 is 5.10. The molecule has 5 heteroatoms. The average Bonchev–Trinajstić information content (AvgIpc) is 2.27. The van der Waals surface area contributed by atoms with Gasteiger partial charge >= 0.3 is 0 Å². The number of hydrogen-bond acceptors (Lipinski definition) is 3. The van der Waals surface area contributed by atoms with E-state index < -0.39 is 11.5 Å². The fourth-order valence-electron chi connectivity index (χ4n) is 2.57. The standard InChI is InChI=1S/C12H22N2O2S/c1-9(15)8-14(2)11(16)12(10(13)17)6-4-3-5-7-12/h9,15H,3-8H2,1-2H3,(H2,13,17). The van der Waals surface area contributed by atoms with Crippen LogP contribution in [0.15, 0.2) is 0 Å². The van der Waals surface area contributed by atoms with Crippen LogP contribution in [0.4, 0.5) is 0 Å². The second kappa shape index (κ2) is 5.78. The highest BCUT2D eigenvalue weighted by Gasteiger charge is 2.43. The summed E-state index contributed by atoms with van der Waals surface area (Å²) in [5.41, 5.74) is 5.12. The van der Waals surface area contributed by atoms with Crippen molar-refractivity contribution in [3.05, 3.63) is 0 Å². The van der Waals surface area contributed by atoms with Crippen molar-refractivity contribution in [1.82, 2.24) is 4.90 Å². The number of aliphatic hydroxyl groups excluding tert-OH is 1. The van der Waals surface area contributed by atoms with E-state index in [1.165, 1.54) is 0 Å². The predicted octanol–water partition coefficient (Wildman–Crippen LogP) is 1.06. The normalized spacial score (nSPS) is 20.6. The van der Waals surface area contributed by atoms with Gasteiger partial charge < -0.3 is 15.7 Å². The molecule has 3 N–H and O–H groups in total. The van der Waals surface area contributed by atoms with Crippen LogP contribution in [0.5, 0.6) is 0 Å². The third-order valence-electron chi connectivity index (χ3n) is 3.47. The number of hydrogen-bond donors (Lipinski definition) is 2. The molecule has 98 valence electrons. The summed E-state index contributed by atoms with van der Waals surface area (Å²) in [7, 11) is 1.70. The summed E-state index contributed by atoms with van der Waals surface area (Å²) in [6, 6.07) is 0. The Balaban J connectivity index is 2.83. The highest BCUT2D eigenvalue weighted by atomic mass is 32.1. The van der Waals surface area contributed by atoms with Crippen LogP contribution in [0.1, 0.15) is 39.0 Å². The predicted molar refractivity (Wildman–Crippen MR) is 71.6 cm³/mol. The number of amides is 1. The Morgan fingerprint density at radius 3 is 2.41 bits per heavy atom. The summed E-state index contributed by atoms with van der Waals surface area (Å²) < 4.78 is 0. The Kier molecular flexibility index (Phi) is 4.89. The van der Waals surface area contributed by atoms with Gasteiger partial charge in [0.25, 0.3) is 0 Å². The topological polar surface area (TPSA) is 66.6 Å².